The molecule has 0 fully saturated rings. The summed E-state index contributed by atoms with van der Waals surface area (Å²) < 4.78 is 11.9. The fourth-order valence-corrected chi connectivity index (χ4v) is 3.81. The van der Waals surface area contributed by atoms with Crippen LogP contribution in [0.25, 0.3) is 22.3 Å². The van der Waals surface area contributed by atoms with Crippen LogP contribution in [0.5, 0.6) is 11.5 Å². The number of benzene rings is 5. The van der Waals surface area contributed by atoms with Crippen LogP contribution in [-0.2, 0) is 13.2 Å². The van der Waals surface area contributed by atoms with Crippen molar-refractivity contribution in [1.29, 1.82) is 0 Å². The molecule has 0 saturated carbocycles. The number of hydrogen-bond donors (Lipinski definition) is 0. The van der Waals surface area contributed by atoms with Crippen LogP contribution in [0.4, 0.5) is 0 Å². The smallest absolute Gasteiger partial charge is 0.119 e. The first-order valence-electron chi connectivity index (χ1n) is 11.5. The van der Waals surface area contributed by atoms with Crippen molar-refractivity contribution in [3.05, 3.63) is 145 Å². The fraction of sp³-hybridized carbons (Fsp3) is 0.0625. The first-order chi connectivity index (χ1) is 16.8. The van der Waals surface area contributed by atoms with Crippen LogP contribution in [0, 0.1) is 0 Å². The van der Waals surface area contributed by atoms with Crippen LogP contribution in [0.15, 0.2) is 133 Å². The quantitative estimate of drug-likeness (QED) is 0.241. The lowest BCUT2D eigenvalue weighted by molar-refractivity contribution is 0.302. The molecule has 34 heavy (non-hydrogen) atoms. The fourth-order valence-electron chi connectivity index (χ4n) is 3.81. The largest absolute Gasteiger partial charge is 0.489 e. The zero-order valence-electron chi connectivity index (χ0n) is 18.9. The molecule has 5 aromatic rings. The molecule has 0 unspecified atom stereocenters. The summed E-state index contributed by atoms with van der Waals surface area (Å²) in [5.74, 6) is 1.73. The highest BCUT2D eigenvalue weighted by Gasteiger charge is 2.02. The van der Waals surface area contributed by atoms with E-state index in [4.69, 9.17) is 9.47 Å². The summed E-state index contributed by atoms with van der Waals surface area (Å²) in [5, 5.41) is 0. The highest BCUT2D eigenvalue weighted by atomic mass is 16.5. The molecule has 5 rings (SSSR count). The maximum atomic E-state index is 5.97. The van der Waals surface area contributed by atoms with Crippen LogP contribution in [-0.4, -0.2) is 0 Å². The molecule has 0 bridgehead atoms. The minimum atomic E-state index is 0.534. The molecule has 0 amide bonds. The van der Waals surface area contributed by atoms with Gasteiger partial charge >= 0.3 is 0 Å². The molecule has 0 radical (unpaired) electrons. The minimum Gasteiger partial charge on any atom is -0.489 e. The van der Waals surface area contributed by atoms with E-state index in [0.29, 0.717) is 13.2 Å². The van der Waals surface area contributed by atoms with Crippen molar-refractivity contribution in [2.45, 2.75) is 13.2 Å². The third-order valence-corrected chi connectivity index (χ3v) is 5.76. The SMILES string of the molecule is c1ccc(-c2ccc(OCc3ccc(COc4ccc(-c5ccccc5)cc4)cc3)cc2)cc1. The van der Waals surface area contributed by atoms with Crippen molar-refractivity contribution < 1.29 is 9.47 Å². The van der Waals surface area contributed by atoms with Gasteiger partial charge in [0.2, 0.25) is 0 Å². The minimum absolute atomic E-state index is 0.534. The van der Waals surface area contributed by atoms with Gasteiger partial charge < -0.3 is 9.47 Å². The summed E-state index contributed by atoms with van der Waals surface area (Å²) in [7, 11) is 0. The average Bonchev–Trinajstić information content (AvgIpc) is 2.93. The summed E-state index contributed by atoms with van der Waals surface area (Å²) in [6, 6.07) is 45.5. The van der Waals surface area contributed by atoms with E-state index in [1.54, 1.807) is 0 Å². The molecule has 0 heterocycles. The van der Waals surface area contributed by atoms with E-state index in [9.17, 15) is 0 Å². The van der Waals surface area contributed by atoms with Gasteiger partial charge in [0.1, 0.15) is 24.7 Å². The molecule has 0 aromatic heterocycles. The van der Waals surface area contributed by atoms with Gasteiger partial charge in [0.15, 0.2) is 0 Å². The second-order valence-corrected chi connectivity index (χ2v) is 8.17. The predicted octanol–water partition coefficient (Wildman–Crippen LogP) is 8.18. The highest BCUT2D eigenvalue weighted by molar-refractivity contribution is 5.64. The summed E-state index contributed by atoms with van der Waals surface area (Å²) in [5.41, 5.74) is 7.04. The highest BCUT2D eigenvalue weighted by Crippen LogP contribution is 2.24. The molecule has 0 aliphatic carbocycles. The van der Waals surface area contributed by atoms with Gasteiger partial charge in [0.25, 0.3) is 0 Å². The number of rotatable bonds is 8. The summed E-state index contributed by atoms with van der Waals surface area (Å²) in [6.45, 7) is 1.07. The van der Waals surface area contributed by atoms with E-state index < -0.39 is 0 Å². The zero-order valence-corrected chi connectivity index (χ0v) is 18.9. The van der Waals surface area contributed by atoms with Gasteiger partial charge in [-0.1, -0.05) is 109 Å². The van der Waals surface area contributed by atoms with Crippen molar-refractivity contribution in [1.82, 2.24) is 0 Å². The molecular formula is C32H26O2. The molecule has 5 aromatic carbocycles. The normalized spacial score (nSPS) is 10.6. The molecule has 0 aliphatic heterocycles. The Bertz CT molecular complexity index is 1190. The number of hydrogen-bond acceptors (Lipinski definition) is 2. The molecular weight excluding hydrogens is 416 g/mol. The maximum absolute atomic E-state index is 5.97. The third-order valence-electron chi connectivity index (χ3n) is 5.76. The Labute approximate surface area is 201 Å². The summed E-state index contributed by atoms with van der Waals surface area (Å²) in [4.78, 5) is 0. The van der Waals surface area contributed by atoms with Gasteiger partial charge in [-0.05, 0) is 57.6 Å². The Balaban J connectivity index is 1.12. The van der Waals surface area contributed by atoms with Crippen LogP contribution in [0.1, 0.15) is 11.1 Å². The van der Waals surface area contributed by atoms with E-state index in [1.807, 2.05) is 36.4 Å². The van der Waals surface area contributed by atoms with Crippen molar-refractivity contribution >= 4 is 0 Å². The molecule has 0 aliphatic rings. The molecule has 166 valence electrons. The average molecular weight is 443 g/mol. The molecule has 0 N–H and O–H groups in total. The predicted molar refractivity (Wildman–Crippen MR) is 139 cm³/mol. The zero-order chi connectivity index (χ0) is 23.0. The standard InChI is InChI=1S/C32H26O2/c1-3-7-27(8-4-1)29-15-19-31(20-16-29)33-23-25-11-13-26(14-12-25)24-34-32-21-17-30(18-22-32)28-9-5-2-6-10-28/h1-22H,23-24H2. The van der Waals surface area contributed by atoms with E-state index in [2.05, 4.69) is 97.1 Å². The second-order valence-electron chi connectivity index (χ2n) is 8.17. The van der Waals surface area contributed by atoms with Crippen LogP contribution in [0.2, 0.25) is 0 Å². The van der Waals surface area contributed by atoms with Crippen LogP contribution in [0.3, 0.4) is 0 Å². The van der Waals surface area contributed by atoms with Gasteiger partial charge in [-0.25, -0.2) is 0 Å². The lowest BCUT2D eigenvalue weighted by Crippen LogP contribution is -1.98. The molecule has 0 spiro atoms. The summed E-state index contributed by atoms with van der Waals surface area (Å²) in [6.07, 6.45) is 0. The van der Waals surface area contributed by atoms with E-state index in [1.165, 1.54) is 22.3 Å². The van der Waals surface area contributed by atoms with Gasteiger partial charge in [0.05, 0.1) is 0 Å². The van der Waals surface area contributed by atoms with Crippen molar-refractivity contribution in [2.24, 2.45) is 0 Å². The summed E-state index contributed by atoms with van der Waals surface area (Å²) >= 11 is 0. The maximum Gasteiger partial charge on any atom is 0.119 e. The van der Waals surface area contributed by atoms with Gasteiger partial charge in [-0.15, -0.1) is 0 Å². The Hall–Kier alpha value is -4.30. The number of ether oxygens (including phenoxy) is 2. The van der Waals surface area contributed by atoms with Crippen molar-refractivity contribution in [3.63, 3.8) is 0 Å². The topological polar surface area (TPSA) is 18.5 Å². The Kier molecular flexibility index (Phi) is 6.68. The lowest BCUT2D eigenvalue weighted by Gasteiger charge is -2.10. The van der Waals surface area contributed by atoms with Crippen LogP contribution >= 0.6 is 0 Å². The Morgan fingerprint density at radius 1 is 0.324 bits per heavy atom. The van der Waals surface area contributed by atoms with Gasteiger partial charge in [-0.2, -0.15) is 0 Å². The first-order valence-corrected chi connectivity index (χ1v) is 11.5. The second kappa shape index (κ2) is 10.5. The van der Waals surface area contributed by atoms with E-state index >= 15 is 0 Å². The van der Waals surface area contributed by atoms with E-state index in [0.717, 1.165) is 22.6 Å². The molecule has 0 atom stereocenters. The van der Waals surface area contributed by atoms with E-state index in [-0.39, 0.29) is 0 Å². The van der Waals surface area contributed by atoms with Crippen LogP contribution < -0.4 is 9.47 Å². The lowest BCUT2D eigenvalue weighted by atomic mass is 10.1. The Morgan fingerprint density at radius 2 is 0.647 bits per heavy atom. The third kappa shape index (κ3) is 5.54. The van der Waals surface area contributed by atoms with Gasteiger partial charge in [-0.3, -0.25) is 0 Å². The monoisotopic (exact) mass is 442 g/mol. The Morgan fingerprint density at radius 3 is 1.00 bits per heavy atom. The molecule has 2 nitrogen and oxygen atoms in total. The van der Waals surface area contributed by atoms with Crippen molar-refractivity contribution in [3.8, 4) is 33.8 Å². The molecule has 2 heteroatoms. The first kappa shape index (κ1) is 21.5. The van der Waals surface area contributed by atoms with Gasteiger partial charge in [0, 0.05) is 0 Å². The van der Waals surface area contributed by atoms with Crippen molar-refractivity contribution in [2.75, 3.05) is 0 Å². The molecule has 0 saturated heterocycles.